The average molecular weight is 311 g/mol. The molecule has 1 unspecified atom stereocenters. The normalized spacial score (nSPS) is 12.4. The van der Waals surface area contributed by atoms with Crippen LogP contribution in [0.15, 0.2) is 35.1 Å². The number of aryl methyl sites for hydroxylation is 1. The van der Waals surface area contributed by atoms with E-state index in [-0.39, 0.29) is 0 Å². The maximum Gasteiger partial charge on any atom is 0.142 e. The third-order valence-electron chi connectivity index (χ3n) is 2.82. The molecule has 0 saturated heterocycles. The van der Waals surface area contributed by atoms with E-state index < -0.39 is 6.10 Å². The van der Waals surface area contributed by atoms with Crippen molar-refractivity contribution in [3.8, 4) is 5.75 Å². The van der Waals surface area contributed by atoms with Crippen molar-refractivity contribution in [2.24, 2.45) is 0 Å². The van der Waals surface area contributed by atoms with Gasteiger partial charge >= 0.3 is 0 Å². The van der Waals surface area contributed by atoms with Crippen molar-refractivity contribution < 1.29 is 9.84 Å². The Kier molecular flexibility index (Phi) is 4.04. The number of nitrogens with zero attached hydrogens (tertiary/aromatic N) is 2. The van der Waals surface area contributed by atoms with Gasteiger partial charge in [0.25, 0.3) is 0 Å². The Bertz CT molecular complexity index is 540. The molecule has 96 valence electrons. The lowest BCUT2D eigenvalue weighted by Crippen LogP contribution is -2.08. The highest BCUT2D eigenvalue weighted by Crippen LogP contribution is 2.30. The molecular weight excluding hydrogens is 296 g/mol. The summed E-state index contributed by atoms with van der Waals surface area (Å²) in [5.74, 6) is 1.39. The van der Waals surface area contributed by atoms with Crippen LogP contribution < -0.4 is 4.74 Å². The van der Waals surface area contributed by atoms with Gasteiger partial charge in [0.15, 0.2) is 0 Å². The van der Waals surface area contributed by atoms with Crippen molar-refractivity contribution >= 4 is 15.9 Å². The molecule has 4 nitrogen and oxygen atoms in total. The van der Waals surface area contributed by atoms with E-state index in [4.69, 9.17) is 4.74 Å². The van der Waals surface area contributed by atoms with Gasteiger partial charge in [0.2, 0.25) is 0 Å². The second-order valence-electron chi connectivity index (χ2n) is 3.87. The van der Waals surface area contributed by atoms with Gasteiger partial charge in [0, 0.05) is 18.9 Å². The maximum absolute atomic E-state index is 10.3. The molecule has 1 atom stereocenters. The number of ether oxygens (including phenoxy) is 1. The molecule has 0 amide bonds. The van der Waals surface area contributed by atoms with Crippen molar-refractivity contribution in [3.63, 3.8) is 0 Å². The minimum absolute atomic E-state index is 0.648. The summed E-state index contributed by atoms with van der Waals surface area (Å²) in [5, 5.41) is 10.3. The summed E-state index contributed by atoms with van der Waals surface area (Å²) in [5.41, 5.74) is 0.781. The van der Waals surface area contributed by atoms with E-state index in [9.17, 15) is 5.11 Å². The zero-order valence-electron chi connectivity index (χ0n) is 10.3. The van der Waals surface area contributed by atoms with E-state index in [2.05, 4.69) is 20.9 Å². The van der Waals surface area contributed by atoms with Gasteiger partial charge < -0.3 is 14.4 Å². The number of imidazole rings is 1. The number of aliphatic hydroxyl groups is 1. The Morgan fingerprint density at radius 2 is 2.28 bits per heavy atom. The number of rotatable bonds is 4. The molecule has 5 heteroatoms. The lowest BCUT2D eigenvalue weighted by atomic mass is 10.1. The minimum Gasteiger partial charge on any atom is -0.496 e. The van der Waals surface area contributed by atoms with Crippen LogP contribution in [0.25, 0.3) is 0 Å². The summed E-state index contributed by atoms with van der Waals surface area (Å²) in [7, 11) is 1.61. The van der Waals surface area contributed by atoms with Gasteiger partial charge in [-0.15, -0.1) is 0 Å². The first-order chi connectivity index (χ1) is 8.67. The lowest BCUT2D eigenvalue weighted by Gasteiger charge is -2.13. The number of aliphatic hydroxyl groups excluding tert-OH is 1. The second kappa shape index (κ2) is 5.54. The molecule has 0 fully saturated rings. The number of aromatic nitrogens is 2. The molecule has 18 heavy (non-hydrogen) atoms. The number of hydrogen-bond donors (Lipinski definition) is 1. The van der Waals surface area contributed by atoms with Crippen LogP contribution in [0.2, 0.25) is 0 Å². The second-order valence-corrected chi connectivity index (χ2v) is 4.72. The molecule has 2 aromatic rings. The molecule has 0 radical (unpaired) electrons. The van der Waals surface area contributed by atoms with Gasteiger partial charge in [-0.05, 0) is 40.5 Å². The molecular formula is C13H15BrN2O2. The molecule has 1 aromatic heterocycles. The van der Waals surface area contributed by atoms with E-state index in [0.717, 1.165) is 22.3 Å². The van der Waals surface area contributed by atoms with Crippen molar-refractivity contribution in [3.05, 3.63) is 46.5 Å². The highest BCUT2D eigenvalue weighted by Gasteiger charge is 2.16. The Balaban J connectivity index is 2.34. The molecule has 0 bridgehead atoms. The first-order valence-electron chi connectivity index (χ1n) is 5.70. The van der Waals surface area contributed by atoms with Crippen LogP contribution in [0.5, 0.6) is 5.75 Å². The minimum atomic E-state index is -0.734. The fourth-order valence-corrected chi connectivity index (χ4v) is 2.40. The van der Waals surface area contributed by atoms with E-state index >= 15 is 0 Å². The maximum atomic E-state index is 10.3. The van der Waals surface area contributed by atoms with E-state index in [1.807, 2.05) is 35.9 Å². The highest BCUT2D eigenvalue weighted by molar-refractivity contribution is 9.10. The van der Waals surface area contributed by atoms with Crippen LogP contribution in [0.1, 0.15) is 24.4 Å². The summed E-state index contributed by atoms with van der Waals surface area (Å²) in [6.07, 6.45) is 2.82. The first kappa shape index (κ1) is 13.1. The van der Waals surface area contributed by atoms with Gasteiger partial charge in [0.1, 0.15) is 17.7 Å². The molecule has 0 aliphatic heterocycles. The smallest absolute Gasteiger partial charge is 0.142 e. The first-order valence-corrected chi connectivity index (χ1v) is 6.49. The predicted molar refractivity (Wildman–Crippen MR) is 72.7 cm³/mol. The molecule has 2 rings (SSSR count). The lowest BCUT2D eigenvalue weighted by molar-refractivity contribution is 0.204. The molecule has 0 spiro atoms. The van der Waals surface area contributed by atoms with Crippen molar-refractivity contribution in [1.82, 2.24) is 9.55 Å². The average Bonchev–Trinajstić information content (AvgIpc) is 2.86. The van der Waals surface area contributed by atoms with Gasteiger partial charge in [-0.2, -0.15) is 0 Å². The Morgan fingerprint density at radius 1 is 1.50 bits per heavy atom. The SMILES string of the molecule is CCn1ccnc1C(O)c1ccc(OC)c(Br)c1. The van der Waals surface area contributed by atoms with E-state index in [0.29, 0.717) is 5.82 Å². The Hall–Kier alpha value is -1.33. The van der Waals surface area contributed by atoms with Gasteiger partial charge in [0.05, 0.1) is 11.6 Å². The van der Waals surface area contributed by atoms with Crippen LogP contribution in [0.4, 0.5) is 0 Å². The van der Waals surface area contributed by atoms with Crippen LogP contribution in [-0.4, -0.2) is 21.8 Å². The number of benzene rings is 1. The molecule has 1 heterocycles. The van der Waals surface area contributed by atoms with Gasteiger partial charge in [-0.3, -0.25) is 0 Å². The molecule has 0 aliphatic rings. The van der Waals surface area contributed by atoms with Crippen LogP contribution in [-0.2, 0) is 6.54 Å². The third kappa shape index (κ3) is 2.42. The monoisotopic (exact) mass is 310 g/mol. The quantitative estimate of drug-likeness (QED) is 0.944. The van der Waals surface area contributed by atoms with Crippen LogP contribution >= 0.6 is 15.9 Å². The largest absolute Gasteiger partial charge is 0.496 e. The van der Waals surface area contributed by atoms with Crippen molar-refractivity contribution in [1.29, 1.82) is 0 Å². The summed E-state index contributed by atoms with van der Waals surface area (Å²) >= 11 is 3.41. The Labute approximate surface area is 114 Å². The Morgan fingerprint density at radius 3 is 2.89 bits per heavy atom. The molecule has 1 N–H and O–H groups in total. The highest BCUT2D eigenvalue weighted by atomic mass is 79.9. The summed E-state index contributed by atoms with van der Waals surface area (Å²) in [6.45, 7) is 2.80. The third-order valence-corrected chi connectivity index (χ3v) is 3.44. The van der Waals surface area contributed by atoms with E-state index in [1.54, 1.807) is 13.3 Å². The summed E-state index contributed by atoms with van der Waals surface area (Å²) < 4.78 is 7.90. The van der Waals surface area contributed by atoms with Crippen LogP contribution in [0, 0.1) is 0 Å². The van der Waals surface area contributed by atoms with Gasteiger partial charge in [-0.25, -0.2) is 4.98 Å². The standard InChI is InChI=1S/C13H15BrN2O2/c1-3-16-7-6-15-13(16)12(17)9-4-5-11(18-2)10(14)8-9/h4-8,12,17H,3H2,1-2H3. The molecule has 1 aromatic carbocycles. The fourth-order valence-electron chi connectivity index (χ4n) is 1.84. The number of halogens is 1. The molecule has 0 aliphatic carbocycles. The number of methoxy groups -OCH3 is 1. The fraction of sp³-hybridized carbons (Fsp3) is 0.308. The predicted octanol–water partition coefficient (Wildman–Crippen LogP) is 2.76. The van der Waals surface area contributed by atoms with E-state index in [1.165, 1.54) is 0 Å². The van der Waals surface area contributed by atoms with Crippen molar-refractivity contribution in [2.75, 3.05) is 7.11 Å². The zero-order chi connectivity index (χ0) is 13.1. The zero-order valence-corrected chi connectivity index (χ0v) is 11.9. The molecule has 0 saturated carbocycles. The topological polar surface area (TPSA) is 47.3 Å². The van der Waals surface area contributed by atoms with Crippen molar-refractivity contribution in [2.45, 2.75) is 19.6 Å². The summed E-state index contributed by atoms with van der Waals surface area (Å²) in [6, 6.07) is 5.50. The number of hydrogen-bond acceptors (Lipinski definition) is 3. The van der Waals surface area contributed by atoms with Crippen LogP contribution in [0.3, 0.4) is 0 Å². The van der Waals surface area contributed by atoms with Gasteiger partial charge in [-0.1, -0.05) is 6.07 Å². The summed E-state index contributed by atoms with van der Waals surface area (Å²) in [4.78, 5) is 4.20.